The number of hydrogen-bond donors (Lipinski definition) is 2. The summed E-state index contributed by atoms with van der Waals surface area (Å²) in [6.45, 7) is 1.32. The third-order valence-electron chi connectivity index (χ3n) is 6.11. The molecule has 0 bridgehead atoms. The minimum Gasteiger partial charge on any atom is -0.495 e. The first-order chi connectivity index (χ1) is 19.8. The van der Waals surface area contributed by atoms with Gasteiger partial charge in [-0.05, 0) is 60.5 Å². The summed E-state index contributed by atoms with van der Waals surface area (Å²) < 4.78 is 29.5. The van der Waals surface area contributed by atoms with E-state index in [2.05, 4.69) is 5.32 Å². The normalized spacial score (nSPS) is 12.9. The second-order valence-corrected chi connectivity index (χ2v) is 9.16. The lowest BCUT2D eigenvalue weighted by Gasteiger charge is -2.22. The summed E-state index contributed by atoms with van der Waals surface area (Å²) in [6.07, 6.45) is 1.18. The molecule has 1 atom stereocenters. The van der Waals surface area contributed by atoms with Gasteiger partial charge in [0.2, 0.25) is 5.91 Å². The fourth-order valence-corrected chi connectivity index (χ4v) is 4.36. The molecule has 2 N–H and O–H groups in total. The number of pyridine rings is 1. The number of carboxylic acids is 1. The lowest BCUT2D eigenvalue weighted by molar-refractivity contribution is -0.119. The first kappa shape index (κ1) is 23.4. The van der Waals surface area contributed by atoms with E-state index < -0.39 is 30.5 Å². The molecule has 39 heavy (non-hydrogen) atoms. The van der Waals surface area contributed by atoms with Crippen LogP contribution in [0.15, 0.2) is 89.9 Å². The fourth-order valence-electron chi connectivity index (χ4n) is 4.19. The molecule has 0 aliphatic heterocycles. The number of aromatic carboxylic acids is 1. The molecule has 0 saturated heterocycles. The molecule has 4 rings (SSSR count). The van der Waals surface area contributed by atoms with Crippen molar-refractivity contribution >= 4 is 34.9 Å². The predicted molar refractivity (Wildman–Crippen MR) is 149 cm³/mol. The number of aromatic nitrogens is 1. The van der Waals surface area contributed by atoms with Crippen LogP contribution in [0.1, 0.15) is 43.4 Å². The molecule has 0 fully saturated rings. The predicted octanol–water partition coefficient (Wildman–Crippen LogP) is 5.50. The van der Waals surface area contributed by atoms with E-state index in [4.69, 9.17) is 25.6 Å². The highest BCUT2D eigenvalue weighted by Gasteiger charge is 2.25. The van der Waals surface area contributed by atoms with Crippen LogP contribution in [0.3, 0.4) is 0 Å². The Balaban J connectivity index is 1.86. The number of halogens is 1. The second-order valence-electron chi connectivity index (χ2n) is 8.72. The van der Waals surface area contributed by atoms with E-state index in [0.29, 0.717) is 5.56 Å². The first-order valence-electron chi connectivity index (χ1n) is 13.3. The van der Waals surface area contributed by atoms with Crippen LogP contribution < -0.4 is 15.6 Å². The molecule has 8 nitrogen and oxygen atoms in total. The third kappa shape index (κ3) is 6.25. The number of carboxylic acid groups (broad SMARTS) is 1. The molecular weight excluding hydrogens is 520 g/mol. The SMILES string of the molecule is [2H]C([2H])([2H])Oc1cn([C@@H](Cc2ccccc2)C(=O)Nc2ccc(C(=O)O)cc2)c(=O)cc1-c1cc(Cl)ccc1C(C)=O. The number of benzene rings is 3. The Morgan fingerprint density at radius 1 is 1.03 bits per heavy atom. The molecule has 9 heteroatoms. The van der Waals surface area contributed by atoms with Gasteiger partial charge < -0.3 is 15.2 Å². The van der Waals surface area contributed by atoms with E-state index in [0.717, 1.165) is 16.8 Å². The van der Waals surface area contributed by atoms with Crippen molar-refractivity contribution in [3.8, 4) is 16.9 Å². The van der Waals surface area contributed by atoms with Gasteiger partial charge in [0, 0.05) is 34.3 Å². The molecule has 198 valence electrons. The molecule has 4 aromatic rings. The Morgan fingerprint density at radius 2 is 1.74 bits per heavy atom. The molecule has 1 heterocycles. The van der Waals surface area contributed by atoms with E-state index in [1.165, 1.54) is 49.4 Å². The van der Waals surface area contributed by atoms with Crippen LogP contribution in [0.5, 0.6) is 5.75 Å². The van der Waals surface area contributed by atoms with Gasteiger partial charge >= 0.3 is 5.97 Å². The van der Waals surface area contributed by atoms with Gasteiger partial charge in [-0.3, -0.25) is 19.0 Å². The first-order valence-corrected chi connectivity index (χ1v) is 12.1. The second kappa shape index (κ2) is 11.8. The Morgan fingerprint density at radius 3 is 2.38 bits per heavy atom. The van der Waals surface area contributed by atoms with Crippen molar-refractivity contribution in [3.05, 3.63) is 117 Å². The summed E-state index contributed by atoms with van der Waals surface area (Å²) in [5.41, 5.74) is 0.755. The molecule has 0 aliphatic rings. The van der Waals surface area contributed by atoms with Crippen LogP contribution in [-0.4, -0.2) is 34.4 Å². The highest BCUT2D eigenvalue weighted by molar-refractivity contribution is 6.31. The van der Waals surface area contributed by atoms with E-state index in [1.807, 2.05) is 0 Å². The van der Waals surface area contributed by atoms with E-state index >= 15 is 0 Å². The summed E-state index contributed by atoms with van der Waals surface area (Å²) >= 11 is 6.18. The summed E-state index contributed by atoms with van der Waals surface area (Å²) in [4.78, 5) is 50.8. The quantitative estimate of drug-likeness (QED) is 0.267. The molecular formula is C30H25ClN2O6. The van der Waals surface area contributed by atoms with Crippen LogP contribution in [0.4, 0.5) is 5.69 Å². The van der Waals surface area contributed by atoms with Crippen molar-refractivity contribution in [2.75, 3.05) is 12.4 Å². The Hall–Kier alpha value is -4.69. The molecule has 0 aliphatic carbocycles. The molecule has 0 radical (unpaired) electrons. The summed E-state index contributed by atoms with van der Waals surface area (Å²) in [5, 5.41) is 12.1. The summed E-state index contributed by atoms with van der Waals surface area (Å²) in [6, 6.07) is 18.7. The number of anilines is 1. The number of nitrogens with one attached hydrogen (secondary N) is 1. The molecule has 0 spiro atoms. The van der Waals surface area contributed by atoms with Crippen LogP contribution in [0, 0.1) is 0 Å². The highest BCUT2D eigenvalue weighted by atomic mass is 35.5. The largest absolute Gasteiger partial charge is 0.495 e. The smallest absolute Gasteiger partial charge is 0.335 e. The summed E-state index contributed by atoms with van der Waals surface area (Å²) in [7, 11) is -2.94. The number of carbonyl (C=O) groups is 3. The van der Waals surface area contributed by atoms with Crippen molar-refractivity contribution in [2.45, 2.75) is 19.4 Å². The number of ketones is 1. The van der Waals surface area contributed by atoms with Crippen LogP contribution in [-0.2, 0) is 11.2 Å². The number of ether oxygens (including phenoxy) is 1. The van der Waals surface area contributed by atoms with Gasteiger partial charge in [0.05, 0.1) is 22.9 Å². The van der Waals surface area contributed by atoms with E-state index in [1.54, 1.807) is 30.3 Å². The maximum atomic E-state index is 13.6. The van der Waals surface area contributed by atoms with Gasteiger partial charge in [0.25, 0.3) is 5.56 Å². The number of Topliss-reactive ketones (excluding diaryl/α,β-unsaturated/α-hetero) is 1. The van der Waals surface area contributed by atoms with Gasteiger partial charge in [-0.2, -0.15) is 0 Å². The van der Waals surface area contributed by atoms with E-state index in [9.17, 15) is 19.2 Å². The highest BCUT2D eigenvalue weighted by Crippen LogP contribution is 2.34. The molecule has 0 unspecified atom stereocenters. The third-order valence-corrected chi connectivity index (χ3v) is 6.35. The maximum Gasteiger partial charge on any atom is 0.335 e. The Bertz CT molecular complexity index is 1700. The standard InChI is InChI=1S/C30H25ClN2O6/c1-18(34)23-13-10-21(31)15-24(23)25-16-28(35)33(17-27(25)39-2)26(14-19-6-4-3-5-7-19)29(36)32-22-11-8-20(9-12-22)30(37)38/h3-13,15-17,26H,14H2,1-2H3,(H,32,36)(H,37,38)/t26-/m0/s1/i2D3. The van der Waals surface area contributed by atoms with Gasteiger partial charge in [-0.15, -0.1) is 0 Å². The fraction of sp³-hybridized carbons (Fsp3) is 0.133. The van der Waals surface area contributed by atoms with Gasteiger partial charge in [0.1, 0.15) is 11.8 Å². The van der Waals surface area contributed by atoms with Crippen molar-refractivity contribution in [3.63, 3.8) is 0 Å². The maximum absolute atomic E-state index is 13.6. The van der Waals surface area contributed by atoms with Crippen molar-refractivity contribution in [1.29, 1.82) is 0 Å². The Labute approximate surface area is 233 Å². The van der Waals surface area contributed by atoms with E-state index in [-0.39, 0.29) is 50.9 Å². The van der Waals surface area contributed by atoms with Gasteiger partial charge in [0.15, 0.2) is 5.78 Å². The van der Waals surface area contributed by atoms with Crippen LogP contribution >= 0.6 is 11.6 Å². The molecule has 1 amide bonds. The number of carbonyl (C=O) groups excluding carboxylic acids is 2. The van der Waals surface area contributed by atoms with Crippen molar-refractivity contribution < 1.29 is 28.3 Å². The number of methoxy groups -OCH3 is 1. The average Bonchev–Trinajstić information content (AvgIpc) is 2.92. The average molecular weight is 548 g/mol. The van der Waals surface area contributed by atoms with Crippen molar-refractivity contribution in [1.82, 2.24) is 4.57 Å². The number of amides is 1. The molecule has 3 aromatic carbocycles. The summed E-state index contributed by atoms with van der Waals surface area (Å²) in [5.74, 6) is -2.36. The van der Waals surface area contributed by atoms with Gasteiger partial charge in [-0.25, -0.2) is 4.79 Å². The zero-order valence-electron chi connectivity index (χ0n) is 23.7. The zero-order chi connectivity index (χ0) is 30.6. The number of hydrogen-bond acceptors (Lipinski definition) is 5. The van der Waals surface area contributed by atoms with Gasteiger partial charge in [-0.1, -0.05) is 41.9 Å². The van der Waals surface area contributed by atoms with Crippen molar-refractivity contribution in [2.24, 2.45) is 0 Å². The topological polar surface area (TPSA) is 115 Å². The molecule has 1 aromatic heterocycles. The lowest BCUT2D eigenvalue weighted by atomic mass is 9.97. The van der Waals surface area contributed by atoms with Crippen LogP contribution in [0.25, 0.3) is 11.1 Å². The van der Waals surface area contributed by atoms with Crippen LogP contribution in [0.2, 0.25) is 5.02 Å². The molecule has 0 saturated carbocycles. The minimum atomic E-state index is -2.94. The minimum absolute atomic E-state index is 0.0169. The Kier molecular flexibility index (Phi) is 7.08. The lowest BCUT2D eigenvalue weighted by Crippen LogP contribution is -2.34. The number of rotatable bonds is 9. The monoisotopic (exact) mass is 547 g/mol. The zero-order valence-corrected chi connectivity index (χ0v) is 21.4. The number of nitrogens with zero attached hydrogens (tertiary/aromatic N) is 1.